The van der Waals surface area contributed by atoms with Crippen molar-refractivity contribution in [1.29, 1.82) is 0 Å². The Hall–Kier alpha value is -0.0400. The van der Waals surface area contributed by atoms with Crippen LogP contribution in [0.1, 0.15) is 61.3 Å². The monoisotopic (exact) mass is 267 g/mol. The first kappa shape index (κ1) is 17.0. The van der Waals surface area contributed by atoms with Crippen LogP contribution in [0.25, 0.3) is 0 Å². The minimum atomic E-state index is 0.683. The molecule has 0 aromatic rings. The van der Waals surface area contributed by atoms with Crippen LogP contribution in [0.5, 0.6) is 0 Å². The van der Waals surface area contributed by atoms with Crippen LogP contribution in [0, 0.1) is 41.4 Å². The summed E-state index contributed by atoms with van der Waals surface area (Å²) in [5.74, 6) is 5.73. The average molecular weight is 268 g/mol. The van der Waals surface area contributed by atoms with Crippen LogP contribution in [0.15, 0.2) is 0 Å². The Morgan fingerprint density at radius 3 is 1.53 bits per heavy atom. The molecule has 0 saturated heterocycles. The largest absolute Gasteiger partial charge is 0.316 e. The van der Waals surface area contributed by atoms with Crippen LogP contribution in [-0.4, -0.2) is 13.1 Å². The van der Waals surface area contributed by atoms with E-state index >= 15 is 0 Å². The Labute approximate surface area is 121 Å². The quantitative estimate of drug-likeness (QED) is 0.773. The van der Waals surface area contributed by atoms with Crippen molar-refractivity contribution >= 4 is 0 Å². The standard InChI is InChI=1S/C18H37N/c1-9-10-17-15(6)13(4)11(2)12(3)14(5)16(7)18(17)19-8/h11-19H,9-10H2,1-8H3. The van der Waals surface area contributed by atoms with Gasteiger partial charge in [-0.15, -0.1) is 0 Å². The first-order chi connectivity index (χ1) is 8.86. The molecule has 1 fully saturated rings. The van der Waals surface area contributed by atoms with Gasteiger partial charge in [-0.2, -0.15) is 0 Å². The van der Waals surface area contributed by atoms with E-state index in [1.165, 1.54) is 12.8 Å². The van der Waals surface area contributed by atoms with E-state index in [2.05, 4.69) is 60.8 Å². The summed E-state index contributed by atoms with van der Waals surface area (Å²) in [6, 6.07) is 0.683. The summed E-state index contributed by atoms with van der Waals surface area (Å²) in [7, 11) is 2.17. The van der Waals surface area contributed by atoms with Gasteiger partial charge in [0.15, 0.2) is 0 Å². The van der Waals surface area contributed by atoms with Gasteiger partial charge in [0.2, 0.25) is 0 Å². The lowest BCUT2D eigenvalue weighted by Gasteiger charge is -2.48. The van der Waals surface area contributed by atoms with Crippen LogP contribution in [-0.2, 0) is 0 Å². The zero-order chi connectivity index (χ0) is 14.7. The summed E-state index contributed by atoms with van der Waals surface area (Å²) < 4.78 is 0. The Balaban J connectivity index is 3.08. The molecule has 0 aliphatic heterocycles. The molecule has 0 spiro atoms. The summed E-state index contributed by atoms with van der Waals surface area (Å²) in [5, 5.41) is 3.67. The summed E-state index contributed by atoms with van der Waals surface area (Å²) in [4.78, 5) is 0. The molecule has 0 bridgehead atoms. The fourth-order valence-corrected chi connectivity index (χ4v) is 4.60. The number of hydrogen-bond acceptors (Lipinski definition) is 1. The van der Waals surface area contributed by atoms with Gasteiger partial charge >= 0.3 is 0 Å². The van der Waals surface area contributed by atoms with E-state index in [1.807, 2.05) is 0 Å². The van der Waals surface area contributed by atoms with E-state index in [-0.39, 0.29) is 0 Å². The highest BCUT2D eigenvalue weighted by molar-refractivity contribution is 4.93. The second-order valence-corrected chi connectivity index (χ2v) is 7.42. The molecule has 114 valence electrons. The van der Waals surface area contributed by atoms with Gasteiger partial charge in [-0.3, -0.25) is 0 Å². The molecule has 19 heavy (non-hydrogen) atoms. The lowest BCUT2D eigenvalue weighted by atomic mass is 9.60. The van der Waals surface area contributed by atoms with E-state index in [1.54, 1.807) is 0 Å². The molecule has 0 aromatic heterocycles. The first-order valence-corrected chi connectivity index (χ1v) is 8.53. The van der Waals surface area contributed by atoms with Crippen molar-refractivity contribution in [2.75, 3.05) is 7.05 Å². The maximum atomic E-state index is 3.67. The Morgan fingerprint density at radius 1 is 0.684 bits per heavy atom. The first-order valence-electron chi connectivity index (χ1n) is 8.53. The summed E-state index contributed by atoms with van der Waals surface area (Å²) in [5.41, 5.74) is 0. The van der Waals surface area contributed by atoms with E-state index in [4.69, 9.17) is 0 Å². The highest BCUT2D eigenvalue weighted by atomic mass is 14.9. The lowest BCUT2D eigenvalue weighted by molar-refractivity contribution is 0.0332. The van der Waals surface area contributed by atoms with Gasteiger partial charge in [-0.05, 0) is 54.9 Å². The SMILES string of the molecule is CCCC1C(C)C(C)C(C)C(C)C(C)C(C)C1NC. The van der Waals surface area contributed by atoms with E-state index in [9.17, 15) is 0 Å². The molecule has 8 unspecified atom stereocenters. The molecule has 0 radical (unpaired) electrons. The third-order valence-electron chi connectivity index (χ3n) is 6.81. The maximum absolute atomic E-state index is 3.67. The van der Waals surface area contributed by atoms with Gasteiger partial charge in [-0.1, -0.05) is 54.9 Å². The van der Waals surface area contributed by atoms with E-state index in [0.29, 0.717) is 6.04 Å². The molecule has 8 atom stereocenters. The average Bonchev–Trinajstić information content (AvgIpc) is 2.42. The number of hydrogen-bond donors (Lipinski definition) is 1. The van der Waals surface area contributed by atoms with E-state index in [0.717, 1.165) is 41.4 Å². The Bertz CT molecular complexity index is 262. The molecule has 1 nitrogen and oxygen atoms in total. The Kier molecular flexibility index (Phi) is 6.36. The summed E-state index contributed by atoms with van der Waals surface area (Å²) in [6.07, 6.45) is 2.68. The molecule has 0 amide bonds. The van der Waals surface area contributed by atoms with Gasteiger partial charge in [0.25, 0.3) is 0 Å². The maximum Gasteiger partial charge on any atom is 0.0123 e. The van der Waals surface area contributed by atoms with Crippen molar-refractivity contribution in [3.63, 3.8) is 0 Å². The third-order valence-corrected chi connectivity index (χ3v) is 6.81. The predicted octanol–water partition coefficient (Wildman–Crippen LogP) is 4.82. The predicted molar refractivity (Wildman–Crippen MR) is 86.2 cm³/mol. The summed E-state index contributed by atoms with van der Waals surface area (Å²) in [6.45, 7) is 17.2. The Morgan fingerprint density at radius 2 is 1.11 bits per heavy atom. The minimum absolute atomic E-state index is 0.683. The molecule has 1 heteroatoms. The van der Waals surface area contributed by atoms with Crippen molar-refractivity contribution in [3.05, 3.63) is 0 Å². The molecule has 1 aliphatic carbocycles. The van der Waals surface area contributed by atoms with Crippen molar-refractivity contribution in [2.45, 2.75) is 67.3 Å². The van der Waals surface area contributed by atoms with Crippen molar-refractivity contribution in [1.82, 2.24) is 5.32 Å². The van der Waals surface area contributed by atoms with Crippen LogP contribution in [0.2, 0.25) is 0 Å². The third kappa shape index (κ3) is 3.35. The molecular formula is C18H37N. The zero-order valence-corrected chi connectivity index (χ0v) is 14.5. The molecule has 1 N–H and O–H groups in total. The molecule has 1 rings (SSSR count). The van der Waals surface area contributed by atoms with Gasteiger partial charge in [-0.25, -0.2) is 0 Å². The van der Waals surface area contributed by atoms with Crippen molar-refractivity contribution < 1.29 is 0 Å². The highest BCUT2D eigenvalue weighted by Gasteiger charge is 2.41. The lowest BCUT2D eigenvalue weighted by Crippen LogP contribution is -2.50. The second kappa shape index (κ2) is 7.11. The van der Waals surface area contributed by atoms with Crippen LogP contribution in [0.3, 0.4) is 0 Å². The highest BCUT2D eigenvalue weighted by Crippen LogP contribution is 2.44. The fourth-order valence-electron chi connectivity index (χ4n) is 4.60. The number of rotatable bonds is 3. The normalized spacial score (nSPS) is 48.6. The fraction of sp³-hybridized carbons (Fsp3) is 1.00. The van der Waals surface area contributed by atoms with Crippen LogP contribution in [0.4, 0.5) is 0 Å². The molecular weight excluding hydrogens is 230 g/mol. The van der Waals surface area contributed by atoms with E-state index < -0.39 is 0 Å². The molecule has 0 aromatic carbocycles. The van der Waals surface area contributed by atoms with Gasteiger partial charge in [0.1, 0.15) is 0 Å². The van der Waals surface area contributed by atoms with Gasteiger partial charge in [0.05, 0.1) is 0 Å². The molecule has 1 saturated carbocycles. The van der Waals surface area contributed by atoms with Gasteiger partial charge in [0, 0.05) is 6.04 Å². The van der Waals surface area contributed by atoms with Gasteiger partial charge < -0.3 is 5.32 Å². The molecule has 1 aliphatic rings. The minimum Gasteiger partial charge on any atom is -0.316 e. The van der Waals surface area contributed by atoms with Crippen molar-refractivity contribution in [2.24, 2.45) is 41.4 Å². The topological polar surface area (TPSA) is 12.0 Å². The smallest absolute Gasteiger partial charge is 0.0123 e. The van der Waals surface area contributed by atoms with Crippen LogP contribution >= 0.6 is 0 Å². The zero-order valence-electron chi connectivity index (χ0n) is 14.5. The van der Waals surface area contributed by atoms with Crippen molar-refractivity contribution in [3.8, 4) is 0 Å². The summed E-state index contributed by atoms with van der Waals surface area (Å²) >= 11 is 0. The number of nitrogens with one attached hydrogen (secondary N) is 1. The van der Waals surface area contributed by atoms with Crippen LogP contribution < -0.4 is 5.32 Å². The second-order valence-electron chi connectivity index (χ2n) is 7.42. The molecule has 0 heterocycles.